The van der Waals surface area contributed by atoms with E-state index >= 15 is 0 Å². The molecule has 1 radical (unpaired) electrons. The Morgan fingerprint density at radius 3 is 1.00 bits per heavy atom. The van der Waals surface area contributed by atoms with Crippen LogP contribution in [0.25, 0.3) is 0 Å². The summed E-state index contributed by atoms with van der Waals surface area (Å²) in [5, 5.41) is 0. The maximum atomic E-state index is 0. The van der Waals surface area contributed by atoms with Crippen LogP contribution in [0.15, 0.2) is 0 Å². The first-order chi connectivity index (χ1) is 0. The Labute approximate surface area is 81.9 Å². The molecule has 0 aromatic heterocycles. The standard InChI is InChI=1S/Cr.Mo.V.Zr. The summed E-state index contributed by atoms with van der Waals surface area (Å²) in [5.41, 5.74) is 0. The van der Waals surface area contributed by atoms with Crippen molar-refractivity contribution in [1.29, 1.82) is 0 Å². The molecule has 0 atom stereocenters. The van der Waals surface area contributed by atoms with Crippen molar-refractivity contribution in [3.63, 3.8) is 0 Å². The molecule has 0 amide bonds. The minimum atomic E-state index is 0. The van der Waals surface area contributed by atoms with Gasteiger partial charge in [0, 0.05) is 83.2 Å². The molecule has 0 aromatic rings. The van der Waals surface area contributed by atoms with Crippen molar-refractivity contribution >= 4 is 0 Å². The van der Waals surface area contributed by atoms with E-state index in [1.165, 1.54) is 0 Å². The molecular weight excluding hydrogens is 290 g/mol. The zero-order chi connectivity index (χ0) is 0. The van der Waals surface area contributed by atoms with Crippen LogP contribution in [0.1, 0.15) is 0 Å². The fraction of sp³-hybridized carbons (Fsp3) is 0. The molecule has 0 aliphatic heterocycles. The quantitative estimate of drug-likeness (QED) is 0.551. The SMILES string of the molecule is [Cr].[Mo].[V].[Zr]. The van der Waals surface area contributed by atoms with Gasteiger partial charge in [0.25, 0.3) is 0 Å². The van der Waals surface area contributed by atoms with Crippen molar-refractivity contribution in [2.24, 2.45) is 0 Å². The summed E-state index contributed by atoms with van der Waals surface area (Å²) in [5.74, 6) is 0. The Kier molecular flexibility index (Phi) is 130. The molecule has 0 spiro atoms. The summed E-state index contributed by atoms with van der Waals surface area (Å²) >= 11 is 0. The average Bonchev–Trinajstić information content (AvgIpc) is 0. The molecule has 21 valence electrons. The van der Waals surface area contributed by atoms with Crippen LogP contribution in [0, 0.1) is 0 Å². The van der Waals surface area contributed by atoms with E-state index in [0.717, 1.165) is 0 Å². The molecule has 0 unspecified atom stereocenters. The summed E-state index contributed by atoms with van der Waals surface area (Å²) in [6.45, 7) is 0. The molecular formula is CrMoVZr. The van der Waals surface area contributed by atoms with Crippen LogP contribution < -0.4 is 0 Å². The second-order valence-corrected chi connectivity index (χ2v) is 0. The van der Waals surface area contributed by atoms with E-state index in [4.69, 9.17) is 0 Å². The van der Waals surface area contributed by atoms with Gasteiger partial charge in [0.1, 0.15) is 0 Å². The molecule has 0 saturated heterocycles. The fourth-order valence-corrected chi connectivity index (χ4v) is 0. The van der Waals surface area contributed by atoms with Crippen LogP contribution in [0.2, 0.25) is 0 Å². The Morgan fingerprint density at radius 2 is 1.00 bits per heavy atom. The smallest absolute Gasteiger partial charge is 0 e. The van der Waals surface area contributed by atoms with Crippen molar-refractivity contribution in [2.45, 2.75) is 0 Å². The van der Waals surface area contributed by atoms with E-state index in [-0.39, 0.29) is 83.2 Å². The molecule has 0 nitrogen and oxygen atoms in total. The molecule has 0 saturated carbocycles. The topological polar surface area (TPSA) is 0 Å². The van der Waals surface area contributed by atoms with Crippen molar-refractivity contribution in [1.82, 2.24) is 0 Å². The molecule has 0 bridgehead atoms. The largest absolute Gasteiger partial charge is 0 e. The molecule has 0 rings (SSSR count). The van der Waals surface area contributed by atoms with Crippen LogP contribution >= 0.6 is 0 Å². The van der Waals surface area contributed by atoms with Crippen LogP contribution in [0.5, 0.6) is 0 Å². The molecule has 0 aliphatic rings. The summed E-state index contributed by atoms with van der Waals surface area (Å²) in [6.07, 6.45) is 0. The zero-order valence-electron chi connectivity index (χ0n) is 1.76. The molecule has 0 N–H and O–H groups in total. The summed E-state index contributed by atoms with van der Waals surface area (Å²) < 4.78 is 0. The van der Waals surface area contributed by atoms with Gasteiger partial charge in [-0.05, 0) is 0 Å². The first kappa shape index (κ1) is 29.9. The van der Waals surface area contributed by atoms with Gasteiger partial charge in [-0.2, -0.15) is 0 Å². The van der Waals surface area contributed by atoms with Gasteiger partial charge in [-0.3, -0.25) is 0 Å². The van der Waals surface area contributed by atoms with Crippen molar-refractivity contribution < 1.29 is 83.2 Å². The fourth-order valence-electron chi connectivity index (χ4n) is 0. The predicted octanol–water partition coefficient (Wildman–Crippen LogP) is -0.0100. The monoisotopic (exact) mass is 291 g/mol. The van der Waals surface area contributed by atoms with Gasteiger partial charge in [0.2, 0.25) is 0 Å². The number of rotatable bonds is 0. The minimum Gasteiger partial charge on any atom is 0 e. The van der Waals surface area contributed by atoms with Gasteiger partial charge in [-0.15, -0.1) is 0 Å². The maximum Gasteiger partial charge on any atom is 0 e. The van der Waals surface area contributed by atoms with Crippen molar-refractivity contribution in [2.75, 3.05) is 0 Å². The molecule has 4 heteroatoms. The van der Waals surface area contributed by atoms with E-state index in [0.29, 0.717) is 0 Å². The summed E-state index contributed by atoms with van der Waals surface area (Å²) in [7, 11) is 0. The Morgan fingerprint density at radius 1 is 1.00 bits per heavy atom. The third-order valence-electron chi connectivity index (χ3n) is 0. The average molecular weight is 290 g/mol. The normalized spacial score (nSPS) is 0. The summed E-state index contributed by atoms with van der Waals surface area (Å²) in [4.78, 5) is 0. The minimum absolute atomic E-state index is 0. The van der Waals surface area contributed by atoms with E-state index in [1.807, 2.05) is 0 Å². The molecule has 0 aromatic carbocycles. The van der Waals surface area contributed by atoms with Crippen LogP contribution in [-0.2, 0) is 83.2 Å². The molecule has 0 heterocycles. The second-order valence-electron chi connectivity index (χ2n) is 0. The third kappa shape index (κ3) is 8.82. The summed E-state index contributed by atoms with van der Waals surface area (Å²) in [6, 6.07) is 0. The van der Waals surface area contributed by atoms with Gasteiger partial charge in [0.15, 0.2) is 0 Å². The van der Waals surface area contributed by atoms with Gasteiger partial charge in [-0.1, -0.05) is 0 Å². The molecule has 0 aliphatic carbocycles. The van der Waals surface area contributed by atoms with E-state index < -0.39 is 0 Å². The van der Waals surface area contributed by atoms with Gasteiger partial charge in [-0.25, -0.2) is 0 Å². The van der Waals surface area contributed by atoms with E-state index in [1.54, 1.807) is 0 Å². The first-order valence-corrected chi connectivity index (χ1v) is 0. The molecule has 0 fully saturated rings. The van der Waals surface area contributed by atoms with Gasteiger partial charge >= 0.3 is 0 Å². The second kappa shape index (κ2) is 17.3. The van der Waals surface area contributed by atoms with Gasteiger partial charge < -0.3 is 0 Å². The van der Waals surface area contributed by atoms with E-state index in [2.05, 4.69) is 0 Å². The van der Waals surface area contributed by atoms with Crippen molar-refractivity contribution in [3.05, 3.63) is 0 Å². The zero-order valence-corrected chi connectivity index (χ0v) is 8.90. The van der Waals surface area contributed by atoms with Crippen molar-refractivity contribution in [3.8, 4) is 0 Å². The third-order valence-corrected chi connectivity index (χ3v) is 0. The van der Waals surface area contributed by atoms with Crippen LogP contribution in [0.3, 0.4) is 0 Å². The Bertz CT molecular complexity index is 8.00. The maximum absolute atomic E-state index is 0. The van der Waals surface area contributed by atoms with Crippen LogP contribution in [-0.4, -0.2) is 0 Å². The van der Waals surface area contributed by atoms with E-state index in [9.17, 15) is 0 Å². The van der Waals surface area contributed by atoms with Crippen LogP contribution in [0.4, 0.5) is 0 Å². The number of hydrogen-bond acceptors (Lipinski definition) is 0. The Balaban J connectivity index is 0. The first-order valence-electron chi connectivity index (χ1n) is 0. The Hall–Kier alpha value is 2.69. The number of hydrogen-bond donors (Lipinski definition) is 0. The molecule has 4 heavy (non-hydrogen) atoms. The van der Waals surface area contributed by atoms with Gasteiger partial charge in [0.05, 0.1) is 0 Å². The predicted molar refractivity (Wildman–Crippen MR) is 0 cm³/mol.